The van der Waals surface area contributed by atoms with Gasteiger partial charge in [0, 0.05) is 12.2 Å². The number of anilines is 1. The van der Waals surface area contributed by atoms with Crippen molar-refractivity contribution < 1.29 is 4.52 Å². The predicted molar refractivity (Wildman–Crippen MR) is 60.4 cm³/mol. The first-order valence-corrected chi connectivity index (χ1v) is 5.47. The van der Waals surface area contributed by atoms with Crippen LogP contribution in [-0.2, 0) is 0 Å². The van der Waals surface area contributed by atoms with Crippen LogP contribution >= 0.6 is 0 Å². The molecule has 2 aromatic rings. The van der Waals surface area contributed by atoms with Crippen molar-refractivity contribution in [2.24, 2.45) is 0 Å². The van der Waals surface area contributed by atoms with Gasteiger partial charge < -0.3 is 9.84 Å². The molecular weight excluding hydrogens is 202 g/mol. The Morgan fingerprint density at radius 2 is 2.25 bits per heavy atom. The van der Waals surface area contributed by atoms with Gasteiger partial charge in [-0.3, -0.25) is 0 Å². The number of nitrogens with zero attached hydrogens (tertiary/aromatic N) is 2. The van der Waals surface area contributed by atoms with E-state index in [1.54, 1.807) is 0 Å². The fourth-order valence-corrected chi connectivity index (χ4v) is 2.18. The topological polar surface area (TPSA) is 51.0 Å². The fraction of sp³-hybridized carbons (Fsp3) is 0.333. The largest absolute Gasteiger partial charge is 0.385 e. The molecule has 0 aliphatic carbocycles. The first kappa shape index (κ1) is 9.39. The number of para-hydroxylation sites is 1. The van der Waals surface area contributed by atoms with Crippen molar-refractivity contribution >= 4 is 5.69 Å². The van der Waals surface area contributed by atoms with Gasteiger partial charge in [0.1, 0.15) is 0 Å². The molecule has 0 bridgehead atoms. The fourth-order valence-electron chi connectivity index (χ4n) is 2.18. The standard InChI is InChI=1S/C12H13N3O/c1-8-14-12(16-15-8)10-6-7-13-11-5-3-2-4-9(10)11/h2-5,10,13H,6-7H2,1H3. The molecule has 0 amide bonds. The third-order valence-corrected chi connectivity index (χ3v) is 2.93. The molecule has 1 aromatic carbocycles. The Bertz CT molecular complexity index is 506. The van der Waals surface area contributed by atoms with Crippen LogP contribution in [0.2, 0.25) is 0 Å². The lowest BCUT2D eigenvalue weighted by atomic mass is 9.91. The van der Waals surface area contributed by atoms with Gasteiger partial charge in [0.2, 0.25) is 5.89 Å². The van der Waals surface area contributed by atoms with E-state index in [0.717, 1.165) is 18.9 Å². The van der Waals surface area contributed by atoms with Gasteiger partial charge in [-0.25, -0.2) is 0 Å². The second kappa shape index (κ2) is 3.63. The van der Waals surface area contributed by atoms with Crippen LogP contribution < -0.4 is 5.32 Å². The molecule has 0 fully saturated rings. The summed E-state index contributed by atoms with van der Waals surface area (Å²) in [5.41, 5.74) is 2.42. The minimum absolute atomic E-state index is 0.235. The maximum absolute atomic E-state index is 5.27. The Morgan fingerprint density at radius 3 is 3.06 bits per heavy atom. The van der Waals surface area contributed by atoms with Gasteiger partial charge in [0.05, 0.1) is 5.92 Å². The second-order valence-corrected chi connectivity index (χ2v) is 4.04. The lowest BCUT2D eigenvalue weighted by Crippen LogP contribution is -2.17. The monoisotopic (exact) mass is 215 g/mol. The van der Waals surface area contributed by atoms with E-state index in [2.05, 4.69) is 27.6 Å². The Hall–Kier alpha value is -1.84. The Balaban J connectivity index is 2.04. The SMILES string of the molecule is Cc1noc(C2CCNc3ccccc32)n1. The van der Waals surface area contributed by atoms with Gasteiger partial charge in [-0.15, -0.1) is 0 Å². The zero-order valence-corrected chi connectivity index (χ0v) is 9.10. The van der Waals surface area contributed by atoms with Gasteiger partial charge in [0.25, 0.3) is 0 Å². The molecule has 0 saturated carbocycles. The van der Waals surface area contributed by atoms with Crippen LogP contribution in [0.3, 0.4) is 0 Å². The van der Waals surface area contributed by atoms with Gasteiger partial charge >= 0.3 is 0 Å². The van der Waals surface area contributed by atoms with Gasteiger partial charge in [-0.1, -0.05) is 23.4 Å². The van der Waals surface area contributed by atoms with E-state index in [0.29, 0.717) is 5.82 Å². The van der Waals surface area contributed by atoms with E-state index in [9.17, 15) is 0 Å². The lowest BCUT2D eigenvalue weighted by Gasteiger charge is -2.23. The smallest absolute Gasteiger partial charge is 0.234 e. The Morgan fingerprint density at radius 1 is 1.38 bits per heavy atom. The molecule has 0 spiro atoms. The summed E-state index contributed by atoms with van der Waals surface area (Å²) in [6, 6.07) is 8.28. The maximum atomic E-state index is 5.27. The number of aryl methyl sites for hydroxylation is 1. The number of rotatable bonds is 1. The molecule has 0 saturated heterocycles. The number of hydrogen-bond donors (Lipinski definition) is 1. The van der Waals surface area contributed by atoms with Crippen LogP contribution in [-0.4, -0.2) is 16.7 Å². The number of nitrogens with one attached hydrogen (secondary N) is 1. The lowest BCUT2D eigenvalue weighted by molar-refractivity contribution is 0.357. The van der Waals surface area contributed by atoms with Crippen molar-refractivity contribution in [3.63, 3.8) is 0 Å². The predicted octanol–water partition coefficient (Wildman–Crippen LogP) is 2.33. The van der Waals surface area contributed by atoms with E-state index in [1.807, 2.05) is 19.1 Å². The number of benzene rings is 1. The Kier molecular flexibility index (Phi) is 2.13. The molecule has 1 N–H and O–H groups in total. The van der Waals surface area contributed by atoms with Crippen LogP contribution in [0.1, 0.15) is 29.6 Å². The molecular formula is C12H13N3O. The first-order chi connectivity index (χ1) is 7.84. The van der Waals surface area contributed by atoms with Gasteiger partial charge in [0.15, 0.2) is 5.82 Å². The molecule has 4 heteroatoms. The molecule has 16 heavy (non-hydrogen) atoms. The first-order valence-electron chi connectivity index (χ1n) is 5.47. The number of fused-ring (bicyclic) bond motifs is 1. The van der Waals surface area contributed by atoms with E-state index in [-0.39, 0.29) is 5.92 Å². The highest BCUT2D eigenvalue weighted by Gasteiger charge is 2.25. The summed E-state index contributed by atoms with van der Waals surface area (Å²) in [6.45, 7) is 2.79. The molecule has 1 aliphatic rings. The van der Waals surface area contributed by atoms with Crippen LogP contribution in [0, 0.1) is 6.92 Å². The van der Waals surface area contributed by atoms with Gasteiger partial charge in [-0.2, -0.15) is 4.98 Å². The van der Waals surface area contributed by atoms with Crippen molar-refractivity contribution in [1.29, 1.82) is 0 Å². The summed E-state index contributed by atoms with van der Waals surface area (Å²) in [6.07, 6.45) is 0.999. The minimum Gasteiger partial charge on any atom is -0.385 e. The Labute approximate surface area is 93.7 Å². The summed E-state index contributed by atoms with van der Waals surface area (Å²) in [7, 11) is 0. The summed E-state index contributed by atoms with van der Waals surface area (Å²) in [5.74, 6) is 1.66. The van der Waals surface area contributed by atoms with Crippen LogP contribution in [0.25, 0.3) is 0 Å². The molecule has 1 aromatic heterocycles. The van der Waals surface area contributed by atoms with E-state index in [4.69, 9.17) is 4.52 Å². The molecule has 82 valence electrons. The average Bonchev–Trinajstić information content (AvgIpc) is 2.75. The van der Waals surface area contributed by atoms with Gasteiger partial charge in [-0.05, 0) is 25.0 Å². The van der Waals surface area contributed by atoms with Crippen molar-refractivity contribution in [2.75, 3.05) is 11.9 Å². The van der Waals surface area contributed by atoms with E-state index < -0.39 is 0 Å². The second-order valence-electron chi connectivity index (χ2n) is 4.04. The molecule has 4 nitrogen and oxygen atoms in total. The maximum Gasteiger partial charge on any atom is 0.234 e. The zero-order chi connectivity index (χ0) is 11.0. The number of aromatic nitrogens is 2. The summed E-state index contributed by atoms with van der Waals surface area (Å²) in [4.78, 5) is 4.33. The third kappa shape index (κ3) is 1.46. The summed E-state index contributed by atoms with van der Waals surface area (Å²) < 4.78 is 5.27. The van der Waals surface area contributed by atoms with Crippen molar-refractivity contribution in [2.45, 2.75) is 19.3 Å². The quantitative estimate of drug-likeness (QED) is 0.793. The van der Waals surface area contributed by atoms with E-state index >= 15 is 0 Å². The molecule has 0 radical (unpaired) electrons. The van der Waals surface area contributed by atoms with Crippen molar-refractivity contribution in [1.82, 2.24) is 10.1 Å². The average molecular weight is 215 g/mol. The molecule has 2 heterocycles. The van der Waals surface area contributed by atoms with Crippen molar-refractivity contribution in [3.8, 4) is 0 Å². The summed E-state index contributed by atoms with van der Waals surface area (Å²) >= 11 is 0. The van der Waals surface area contributed by atoms with Crippen LogP contribution in [0.4, 0.5) is 5.69 Å². The summed E-state index contributed by atoms with van der Waals surface area (Å²) in [5, 5.41) is 7.24. The number of hydrogen-bond acceptors (Lipinski definition) is 4. The zero-order valence-electron chi connectivity index (χ0n) is 9.10. The molecule has 1 aliphatic heterocycles. The normalized spacial score (nSPS) is 18.9. The highest BCUT2D eigenvalue weighted by Crippen LogP contribution is 2.35. The van der Waals surface area contributed by atoms with Crippen LogP contribution in [0.15, 0.2) is 28.8 Å². The molecule has 1 atom stereocenters. The molecule has 1 unspecified atom stereocenters. The highest BCUT2D eigenvalue weighted by atomic mass is 16.5. The van der Waals surface area contributed by atoms with E-state index in [1.165, 1.54) is 11.3 Å². The van der Waals surface area contributed by atoms with Crippen molar-refractivity contribution in [3.05, 3.63) is 41.5 Å². The van der Waals surface area contributed by atoms with Crippen LogP contribution in [0.5, 0.6) is 0 Å². The third-order valence-electron chi connectivity index (χ3n) is 2.93. The highest BCUT2D eigenvalue weighted by molar-refractivity contribution is 5.56. The minimum atomic E-state index is 0.235. The molecule has 3 rings (SSSR count).